The van der Waals surface area contributed by atoms with Crippen LogP contribution in [0.2, 0.25) is 0 Å². The predicted molar refractivity (Wildman–Crippen MR) is 113 cm³/mol. The lowest BCUT2D eigenvalue weighted by Crippen LogP contribution is -2.34. The van der Waals surface area contributed by atoms with E-state index in [2.05, 4.69) is 24.4 Å². The molecule has 154 valence electrons. The van der Waals surface area contributed by atoms with Crippen molar-refractivity contribution in [3.63, 3.8) is 0 Å². The van der Waals surface area contributed by atoms with Crippen LogP contribution >= 0.6 is 11.3 Å². The maximum absolute atomic E-state index is 6.66. The van der Waals surface area contributed by atoms with E-state index in [0.717, 1.165) is 37.2 Å². The lowest BCUT2D eigenvalue weighted by Gasteiger charge is -2.32. The van der Waals surface area contributed by atoms with Crippen LogP contribution in [0.25, 0.3) is 0 Å². The summed E-state index contributed by atoms with van der Waals surface area (Å²) in [5.74, 6) is 1.66. The number of methoxy groups -OCH3 is 3. The number of aryl methyl sites for hydroxylation is 2. The van der Waals surface area contributed by atoms with Crippen LogP contribution in [0.1, 0.15) is 52.8 Å². The van der Waals surface area contributed by atoms with Crippen molar-refractivity contribution in [1.82, 2.24) is 0 Å². The second kappa shape index (κ2) is 9.74. The van der Waals surface area contributed by atoms with Gasteiger partial charge >= 0.3 is 0 Å². The van der Waals surface area contributed by atoms with Gasteiger partial charge in [0.2, 0.25) is 0 Å². The smallest absolute Gasteiger partial charge is 0.161 e. The summed E-state index contributed by atoms with van der Waals surface area (Å²) >= 11 is 1.81. The number of hydrogen-bond acceptors (Lipinski definition) is 6. The van der Waals surface area contributed by atoms with Gasteiger partial charge in [0.15, 0.2) is 11.5 Å². The Hall–Kier alpha value is -1.60. The van der Waals surface area contributed by atoms with Crippen LogP contribution in [0.4, 0.5) is 0 Å². The number of nitrogens with two attached hydrogens (primary N) is 1. The molecule has 3 rings (SSSR count). The summed E-state index contributed by atoms with van der Waals surface area (Å²) in [7, 11) is 5.00. The molecule has 0 saturated heterocycles. The van der Waals surface area contributed by atoms with Crippen molar-refractivity contribution in [2.75, 3.05) is 28.1 Å². The minimum absolute atomic E-state index is 0.0656. The topological polar surface area (TPSA) is 62.9 Å². The zero-order valence-electron chi connectivity index (χ0n) is 17.2. The Morgan fingerprint density at radius 3 is 2.54 bits per heavy atom. The molecule has 0 bridgehead atoms. The molecule has 2 N–H and O–H groups in total. The van der Waals surface area contributed by atoms with Crippen LogP contribution in [0, 0.1) is 0 Å². The fourth-order valence-electron chi connectivity index (χ4n) is 4.09. The van der Waals surface area contributed by atoms with Crippen LogP contribution in [-0.2, 0) is 28.9 Å². The molecule has 28 heavy (non-hydrogen) atoms. The number of fused-ring (bicyclic) bond motifs is 1. The van der Waals surface area contributed by atoms with Gasteiger partial charge in [-0.1, -0.05) is 13.3 Å². The third-order valence-electron chi connectivity index (χ3n) is 5.43. The first kappa shape index (κ1) is 21.1. The van der Waals surface area contributed by atoms with Gasteiger partial charge in [0.1, 0.15) is 6.79 Å². The van der Waals surface area contributed by atoms with E-state index < -0.39 is 0 Å². The van der Waals surface area contributed by atoms with Gasteiger partial charge in [-0.05, 0) is 59.0 Å². The lowest BCUT2D eigenvalue weighted by atomic mass is 9.75. The Balaban J connectivity index is 2.06. The molecule has 1 aromatic heterocycles. The SMILES string of the molecule is CCCc1scc([C@@H]2c3cc(OC)c(OC)cc3CC[C@H]2N)c1COCOC. The third kappa shape index (κ3) is 4.20. The van der Waals surface area contributed by atoms with Gasteiger partial charge in [-0.3, -0.25) is 0 Å². The van der Waals surface area contributed by atoms with Crippen LogP contribution < -0.4 is 15.2 Å². The van der Waals surface area contributed by atoms with E-state index in [-0.39, 0.29) is 12.0 Å². The highest BCUT2D eigenvalue weighted by Gasteiger charge is 2.32. The fraction of sp³-hybridized carbons (Fsp3) is 0.545. The highest BCUT2D eigenvalue weighted by atomic mass is 32.1. The summed E-state index contributed by atoms with van der Waals surface area (Å²) in [5, 5.41) is 2.27. The molecule has 1 heterocycles. The van der Waals surface area contributed by atoms with Crippen LogP contribution in [0.3, 0.4) is 0 Å². The Bertz CT molecular complexity index is 789. The van der Waals surface area contributed by atoms with E-state index >= 15 is 0 Å². The number of hydrogen-bond donors (Lipinski definition) is 1. The largest absolute Gasteiger partial charge is 0.493 e. The maximum Gasteiger partial charge on any atom is 0.161 e. The molecule has 1 aromatic carbocycles. The standard InChI is InChI=1S/C22H31NO4S/c1-5-6-21-16(11-27-13-24-2)17(12-28-21)22-15-10-20(26-4)19(25-3)9-14(15)7-8-18(22)23/h9-10,12,18,22H,5-8,11,13,23H2,1-4H3/t18-,22+/m1/s1. The van der Waals surface area contributed by atoms with E-state index in [1.165, 1.54) is 27.1 Å². The minimum atomic E-state index is 0.0656. The van der Waals surface area contributed by atoms with Crippen molar-refractivity contribution in [3.8, 4) is 11.5 Å². The van der Waals surface area contributed by atoms with Gasteiger partial charge in [-0.2, -0.15) is 0 Å². The van der Waals surface area contributed by atoms with Crippen molar-refractivity contribution in [2.45, 2.75) is 51.2 Å². The molecule has 0 radical (unpaired) electrons. The fourth-order valence-corrected chi connectivity index (χ4v) is 5.29. The van der Waals surface area contributed by atoms with Gasteiger partial charge in [-0.15, -0.1) is 11.3 Å². The maximum atomic E-state index is 6.66. The zero-order valence-corrected chi connectivity index (χ0v) is 18.1. The molecule has 0 saturated carbocycles. The molecule has 0 fully saturated rings. The average molecular weight is 406 g/mol. The van der Waals surface area contributed by atoms with Crippen molar-refractivity contribution in [1.29, 1.82) is 0 Å². The summed E-state index contributed by atoms with van der Waals surface area (Å²) in [6, 6.07) is 4.28. The highest BCUT2D eigenvalue weighted by Crippen LogP contribution is 2.44. The molecule has 1 aliphatic carbocycles. The molecule has 6 heteroatoms. The van der Waals surface area contributed by atoms with E-state index in [1.807, 2.05) is 11.3 Å². The minimum Gasteiger partial charge on any atom is -0.493 e. The van der Waals surface area contributed by atoms with Crippen molar-refractivity contribution in [3.05, 3.63) is 44.6 Å². The summed E-state index contributed by atoms with van der Waals surface area (Å²) in [5.41, 5.74) is 11.7. The van der Waals surface area contributed by atoms with E-state index in [4.69, 9.17) is 24.7 Å². The second-order valence-corrected chi connectivity index (χ2v) is 8.15. The molecule has 0 amide bonds. The molecule has 0 unspecified atom stereocenters. The number of rotatable bonds is 9. The molecular formula is C22H31NO4S. The van der Waals surface area contributed by atoms with E-state index in [1.54, 1.807) is 21.3 Å². The first-order chi connectivity index (χ1) is 13.6. The number of ether oxygens (including phenoxy) is 4. The van der Waals surface area contributed by atoms with Crippen molar-refractivity contribution in [2.24, 2.45) is 5.73 Å². The van der Waals surface area contributed by atoms with E-state index in [9.17, 15) is 0 Å². The van der Waals surface area contributed by atoms with Crippen molar-refractivity contribution >= 4 is 11.3 Å². The number of thiophene rings is 1. The van der Waals surface area contributed by atoms with Gasteiger partial charge in [0, 0.05) is 23.9 Å². The quantitative estimate of drug-likeness (QED) is 0.499. The summed E-state index contributed by atoms with van der Waals surface area (Å²) < 4.78 is 21.9. The van der Waals surface area contributed by atoms with Gasteiger partial charge in [-0.25, -0.2) is 0 Å². The lowest BCUT2D eigenvalue weighted by molar-refractivity contribution is -0.0393. The summed E-state index contributed by atoms with van der Waals surface area (Å²) in [6.07, 6.45) is 4.06. The van der Waals surface area contributed by atoms with Crippen LogP contribution in [0.15, 0.2) is 17.5 Å². The van der Waals surface area contributed by atoms with Gasteiger partial charge in [0.25, 0.3) is 0 Å². The Labute approximate surface area is 171 Å². The van der Waals surface area contributed by atoms with Crippen LogP contribution in [0.5, 0.6) is 11.5 Å². The zero-order chi connectivity index (χ0) is 20.1. The monoisotopic (exact) mass is 405 g/mol. The molecule has 0 spiro atoms. The van der Waals surface area contributed by atoms with Gasteiger partial charge < -0.3 is 24.7 Å². The first-order valence-corrected chi connectivity index (χ1v) is 10.7. The summed E-state index contributed by atoms with van der Waals surface area (Å²) in [6.45, 7) is 3.05. The average Bonchev–Trinajstić information content (AvgIpc) is 3.09. The molecule has 2 aromatic rings. The molecular weight excluding hydrogens is 374 g/mol. The molecule has 0 aliphatic heterocycles. The van der Waals surface area contributed by atoms with Gasteiger partial charge in [0.05, 0.1) is 20.8 Å². The normalized spacial score (nSPS) is 18.8. The van der Waals surface area contributed by atoms with Crippen LogP contribution in [-0.4, -0.2) is 34.2 Å². The second-order valence-electron chi connectivity index (χ2n) is 7.18. The highest BCUT2D eigenvalue weighted by molar-refractivity contribution is 7.10. The van der Waals surface area contributed by atoms with E-state index in [0.29, 0.717) is 13.4 Å². The Kier molecular flexibility index (Phi) is 7.35. The predicted octanol–water partition coefficient (Wildman–Crippen LogP) is 4.24. The molecule has 1 aliphatic rings. The van der Waals surface area contributed by atoms with Crippen molar-refractivity contribution < 1.29 is 18.9 Å². The third-order valence-corrected chi connectivity index (χ3v) is 6.54. The Morgan fingerprint density at radius 1 is 1.11 bits per heavy atom. The number of benzene rings is 1. The Morgan fingerprint density at radius 2 is 1.86 bits per heavy atom. The molecule has 5 nitrogen and oxygen atoms in total. The molecule has 2 atom stereocenters. The summed E-state index contributed by atoms with van der Waals surface area (Å²) in [4.78, 5) is 1.38. The first-order valence-electron chi connectivity index (χ1n) is 9.80.